The maximum Gasteiger partial charge on any atom is 0.145 e. The first-order valence-corrected chi connectivity index (χ1v) is 9.03. The fourth-order valence-electron chi connectivity index (χ4n) is 4.33. The molecule has 0 radical (unpaired) electrons. The van der Waals surface area contributed by atoms with Crippen molar-refractivity contribution >= 4 is 32.7 Å². The molecule has 130 valence electrons. The molecule has 3 aromatic carbocycles. The number of benzene rings is 3. The summed E-state index contributed by atoms with van der Waals surface area (Å²) in [4.78, 5) is 4.37. The lowest BCUT2D eigenvalue weighted by Gasteiger charge is -2.14. The molecule has 0 N–H and O–H groups in total. The SMILES string of the molecule is [2H]C([2H])([2H])c1cnc(-c2ccc3c4c2oc2c5ccccc5cc(c24)CC3)cc1C([2H])([2H])[2H]. The van der Waals surface area contributed by atoms with Crippen molar-refractivity contribution in [1.29, 1.82) is 0 Å². The van der Waals surface area contributed by atoms with Crippen molar-refractivity contribution in [3.8, 4) is 11.3 Å². The normalized spacial score (nSPS) is 17.5. The Balaban J connectivity index is 1.69. The van der Waals surface area contributed by atoms with Gasteiger partial charge in [0.05, 0.1) is 5.69 Å². The van der Waals surface area contributed by atoms with E-state index in [1.807, 2.05) is 30.3 Å². The lowest BCUT2D eigenvalue weighted by Crippen LogP contribution is -1.99. The molecule has 0 fully saturated rings. The third kappa shape index (κ3) is 1.98. The number of aryl methyl sites for hydroxylation is 4. The fourth-order valence-corrected chi connectivity index (χ4v) is 4.33. The predicted molar refractivity (Wildman–Crippen MR) is 111 cm³/mol. The lowest BCUT2D eigenvalue weighted by atomic mass is 9.88. The summed E-state index contributed by atoms with van der Waals surface area (Å²) in [6.07, 6.45) is 2.98. The molecule has 2 heteroatoms. The van der Waals surface area contributed by atoms with Crippen LogP contribution in [0.3, 0.4) is 0 Å². The van der Waals surface area contributed by atoms with Crippen molar-refractivity contribution in [2.75, 3.05) is 0 Å². The average Bonchev–Trinajstić information content (AvgIpc) is 3.17. The van der Waals surface area contributed by atoms with Crippen LogP contribution >= 0.6 is 0 Å². The molecule has 5 aromatic rings. The van der Waals surface area contributed by atoms with Gasteiger partial charge in [-0.15, -0.1) is 0 Å². The monoisotopic (exact) mass is 355 g/mol. The van der Waals surface area contributed by atoms with Crippen LogP contribution in [0.15, 0.2) is 59.1 Å². The van der Waals surface area contributed by atoms with Crippen LogP contribution < -0.4 is 0 Å². The van der Waals surface area contributed by atoms with E-state index >= 15 is 0 Å². The van der Waals surface area contributed by atoms with Crippen molar-refractivity contribution < 1.29 is 12.6 Å². The lowest BCUT2D eigenvalue weighted by molar-refractivity contribution is 0.673. The van der Waals surface area contributed by atoms with Crippen LogP contribution in [0.25, 0.3) is 44.0 Å². The molecule has 2 heterocycles. The topological polar surface area (TPSA) is 26.0 Å². The van der Waals surface area contributed by atoms with Gasteiger partial charge in [-0.25, -0.2) is 0 Å². The standard InChI is InChI=1S/C25H19NO/c1-14-11-21(26-13-15(14)2)20-10-9-16-7-8-18-12-17-5-3-4-6-19(17)24-23(18)22(16)25(20)27-24/h3-6,9-13H,7-8H2,1-2H3/i1D3,2D3. The minimum Gasteiger partial charge on any atom is -0.455 e. The molecule has 0 unspecified atom stereocenters. The van der Waals surface area contributed by atoms with Gasteiger partial charge in [0.2, 0.25) is 0 Å². The van der Waals surface area contributed by atoms with Gasteiger partial charge in [0.1, 0.15) is 11.2 Å². The summed E-state index contributed by atoms with van der Waals surface area (Å²) in [7, 11) is 0. The highest BCUT2D eigenvalue weighted by Gasteiger charge is 2.23. The predicted octanol–water partition coefficient (Wildman–Crippen LogP) is 6.52. The Morgan fingerprint density at radius 1 is 0.889 bits per heavy atom. The Bertz CT molecular complexity index is 1590. The van der Waals surface area contributed by atoms with E-state index in [1.54, 1.807) is 0 Å². The van der Waals surface area contributed by atoms with Gasteiger partial charge in [0, 0.05) is 36.1 Å². The zero-order chi connectivity index (χ0) is 23.1. The van der Waals surface area contributed by atoms with E-state index in [0.29, 0.717) is 16.8 Å². The molecule has 0 spiro atoms. The van der Waals surface area contributed by atoms with Crippen molar-refractivity contribution in [3.63, 3.8) is 0 Å². The Morgan fingerprint density at radius 3 is 2.67 bits per heavy atom. The van der Waals surface area contributed by atoms with E-state index in [2.05, 4.69) is 17.1 Å². The molecule has 0 atom stereocenters. The molecule has 0 amide bonds. The van der Waals surface area contributed by atoms with E-state index in [1.165, 1.54) is 23.4 Å². The van der Waals surface area contributed by atoms with Crippen LogP contribution in [0, 0.1) is 13.7 Å². The summed E-state index contributed by atoms with van der Waals surface area (Å²) in [6.45, 7) is -5.15. The highest BCUT2D eigenvalue weighted by atomic mass is 16.3. The molecule has 0 saturated carbocycles. The number of rotatable bonds is 1. The Labute approximate surface area is 165 Å². The van der Waals surface area contributed by atoms with Crippen molar-refractivity contribution in [2.45, 2.75) is 26.5 Å². The Hall–Kier alpha value is -3.13. The summed E-state index contributed by atoms with van der Waals surface area (Å²) in [6, 6.07) is 15.6. The van der Waals surface area contributed by atoms with Crippen molar-refractivity contribution in [2.24, 2.45) is 0 Å². The summed E-state index contributed by atoms with van der Waals surface area (Å²) in [5, 5.41) is 4.28. The number of hydrogen-bond donors (Lipinski definition) is 0. The minimum absolute atomic E-state index is 0.209. The van der Waals surface area contributed by atoms with Crippen LogP contribution in [-0.2, 0) is 12.8 Å². The maximum atomic E-state index is 7.90. The quantitative estimate of drug-likeness (QED) is 0.342. The van der Waals surface area contributed by atoms with Gasteiger partial charge in [-0.3, -0.25) is 4.98 Å². The number of aromatic nitrogens is 1. The van der Waals surface area contributed by atoms with Gasteiger partial charge in [0.15, 0.2) is 0 Å². The minimum atomic E-state index is -2.58. The van der Waals surface area contributed by atoms with E-state index in [9.17, 15) is 0 Å². The molecule has 0 bridgehead atoms. The molecule has 6 rings (SSSR count). The molecular formula is C25H19NO. The van der Waals surface area contributed by atoms with Crippen LogP contribution in [0.5, 0.6) is 0 Å². The van der Waals surface area contributed by atoms with Gasteiger partial charge in [-0.1, -0.05) is 36.4 Å². The van der Waals surface area contributed by atoms with E-state index in [4.69, 9.17) is 12.6 Å². The van der Waals surface area contributed by atoms with Gasteiger partial charge in [-0.05, 0) is 66.3 Å². The molecule has 27 heavy (non-hydrogen) atoms. The summed E-state index contributed by atoms with van der Waals surface area (Å²) in [5.74, 6) is 0. The Kier molecular flexibility index (Phi) is 1.98. The third-order valence-electron chi connectivity index (χ3n) is 5.63. The van der Waals surface area contributed by atoms with E-state index in [0.717, 1.165) is 40.0 Å². The number of fused-ring (bicyclic) bond motifs is 2. The van der Waals surface area contributed by atoms with Crippen LogP contribution in [0.4, 0.5) is 0 Å². The summed E-state index contributed by atoms with van der Waals surface area (Å²) in [5.41, 5.74) is 4.48. The number of nitrogens with zero attached hydrogens (tertiary/aromatic N) is 1. The van der Waals surface area contributed by atoms with Crippen LogP contribution in [-0.4, -0.2) is 4.98 Å². The second-order valence-corrected chi connectivity index (χ2v) is 7.15. The van der Waals surface area contributed by atoms with Gasteiger partial charge in [0.25, 0.3) is 0 Å². The largest absolute Gasteiger partial charge is 0.455 e. The molecular weight excluding hydrogens is 330 g/mol. The van der Waals surface area contributed by atoms with Crippen molar-refractivity contribution in [3.05, 3.63) is 77.0 Å². The molecule has 0 saturated heterocycles. The first-order chi connectivity index (χ1) is 15.6. The molecule has 1 aliphatic carbocycles. The first-order valence-electron chi connectivity index (χ1n) is 12.0. The van der Waals surface area contributed by atoms with Gasteiger partial charge in [-0.2, -0.15) is 0 Å². The maximum absolute atomic E-state index is 7.90. The fraction of sp³-hybridized carbons (Fsp3) is 0.160. The third-order valence-corrected chi connectivity index (χ3v) is 5.63. The second-order valence-electron chi connectivity index (χ2n) is 7.15. The summed E-state index contributed by atoms with van der Waals surface area (Å²) >= 11 is 0. The molecule has 0 aliphatic heterocycles. The van der Waals surface area contributed by atoms with E-state index in [-0.39, 0.29) is 11.1 Å². The van der Waals surface area contributed by atoms with Crippen LogP contribution in [0.1, 0.15) is 30.5 Å². The Morgan fingerprint density at radius 2 is 1.74 bits per heavy atom. The first kappa shape index (κ1) is 10.3. The second kappa shape index (κ2) is 5.20. The number of pyridine rings is 1. The smallest absolute Gasteiger partial charge is 0.145 e. The van der Waals surface area contributed by atoms with Gasteiger partial charge < -0.3 is 4.42 Å². The van der Waals surface area contributed by atoms with Gasteiger partial charge >= 0.3 is 0 Å². The molecule has 2 nitrogen and oxygen atoms in total. The highest BCUT2D eigenvalue weighted by molar-refractivity contribution is 6.20. The van der Waals surface area contributed by atoms with E-state index < -0.39 is 13.7 Å². The molecule has 1 aliphatic rings. The van der Waals surface area contributed by atoms with Crippen LogP contribution in [0.2, 0.25) is 0 Å². The summed E-state index contributed by atoms with van der Waals surface area (Å²) < 4.78 is 53.4. The number of hydrogen-bond acceptors (Lipinski definition) is 2. The van der Waals surface area contributed by atoms with Crippen molar-refractivity contribution in [1.82, 2.24) is 4.98 Å². The zero-order valence-electron chi connectivity index (χ0n) is 20.5. The molecule has 2 aromatic heterocycles. The highest BCUT2D eigenvalue weighted by Crippen LogP contribution is 2.44. The number of furan rings is 1. The average molecular weight is 355 g/mol. The zero-order valence-corrected chi connectivity index (χ0v) is 14.5.